The van der Waals surface area contributed by atoms with Crippen LogP contribution in [0.25, 0.3) is 204 Å². The average Bonchev–Trinajstić information content (AvgIpc) is 1.53. The van der Waals surface area contributed by atoms with Crippen LogP contribution >= 0.6 is 22.7 Å². The molecule has 18 aromatic carbocycles. The lowest BCUT2D eigenvalue weighted by atomic mass is 9.80. The van der Waals surface area contributed by atoms with Gasteiger partial charge in [-0.25, -0.2) is 0 Å². The zero-order valence-corrected chi connectivity index (χ0v) is 60.9. The van der Waals surface area contributed by atoms with Crippen LogP contribution in [0, 0.1) is 0 Å². The van der Waals surface area contributed by atoms with Crippen molar-refractivity contribution in [3.05, 3.63) is 362 Å². The summed E-state index contributed by atoms with van der Waals surface area (Å²) >= 11 is 3.81. The van der Waals surface area contributed by atoms with Crippen molar-refractivity contribution in [1.29, 1.82) is 0 Å². The Bertz CT molecular complexity index is 7300. The summed E-state index contributed by atoms with van der Waals surface area (Å²) in [5.41, 5.74) is 24.5. The molecule has 22 rings (SSSR count). The number of hydrogen-bond acceptors (Lipinski definition) is 2. The Kier molecular flexibility index (Phi) is 13.1. The second-order valence-electron chi connectivity index (χ2n) is 30.6. The SMILES string of the molecule is C=C(/C=C\C(=C)c1cc2sc3ccccc3c2c2c3c(ccc12)C(C)(C)c1cc(-c2c4ccccc4c(-c4ccc5ccccc5c4)c4ccccc24)ccc1-3)c1ccc2cc(-c3c4ccccc4c(-c4ccc5c(c4)C(C)(C)c4ccc6ccc7c8ccccc8sc7c6c4-5)c4ccccc34)ccc2c1. The minimum atomic E-state index is -0.285. The number of fused-ring (bicyclic) bond motifs is 24. The molecule has 0 amide bonds. The van der Waals surface area contributed by atoms with Crippen LogP contribution in [-0.2, 0) is 10.8 Å². The van der Waals surface area contributed by atoms with Crippen molar-refractivity contribution in [2.24, 2.45) is 0 Å². The van der Waals surface area contributed by atoms with Crippen LogP contribution in [0.15, 0.2) is 329 Å². The maximum Gasteiger partial charge on any atom is 0.0440 e. The van der Waals surface area contributed by atoms with E-state index in [-0.39, 0.29) is 10.8 Å². The van der Waals surface area contributed by atoms with Crippen LogP contribution in [0.4, 0.5) is 0 Å². The van der Waals surface area contributed by atoms with Crippen LogP contribution in [0.5, 0.6) is 0 Å². The van der Waals surface area contributed by atoms with Gasteiger partial charge in [-0.1, -0.05) is 308 Å². The van der Waals surface area contributed by atoms with Gasteiger partial charge in [0, 0.05) is 56.6 Å². The van der Waals surface area contributed by atoms with Gasteiger partial charge in [-0.3, -0.25) is 0 Å². The first-order chi connectivity index (χ1) is 51.9. The van der Waals surface area contributed by atoms with Gasteiger partial charge in [0.15, 0.2) is 0 Å². The van der Waals surface area contributed by atoms with Crippen molar-refractivity contribution < 1.29 is 0 Å². The van der Waals surface area contributed by atoms with Crippen molar-refractivity contribution in [2.45, 2.75) is 38.5 Å². The van der Waals surface area contributed by atoms with Gasteiger partial charge in [0.05, 0.1) is 0 Å². The van der Waals surface area contributed by atoms with Gasteiger partial charge in [-0.05, 0) is 241 Å². The highest BCUT2D eigenvalue weighted by molar-refractivity contribution is 7.27. The van der Waals surface area contributed by atoms with E-state index in [2.05, 4.69) is 343 Å². The van der Waals surface area contributed by atoms with Gasteiger partial charge < -0.3 is 0 Å². The molecule has 0 bridgehead atoms. The first-order valence-corrected chi connectivity index (χ1v) is 38.6. The molecule has 0 fully saturated rings. The Hall–Kier alpha value is -12.3. The van der Waals surface area contributed by atoms with Crippen molar-refractivity contribution in [2.75, 3.05) is 0 Å². The standard InChI is InChI=1S/C104H68S2/c1-59(63-38-39-66-55-68(42-40-65(66)53-63)94-74-26-11-15-30-78(74)95(79-31-16-12-27-75(79)94)69-44-48-82-88(56-69)103(3,4)86-51-46-62-43-47-81-71-23-17-19-33-90(71)106-102(81)97(62)98(82)86)35-36-60(2)85-58-92-100(84-32-18-20-34-91(84)105-92)101-80(85)50-52-87-99(101)83-49-45-70(57-89(83)104(87,5)6)96-76-28-13-9-24-72(76)93(73-25-10-14-29-77(73)96)67-41-37-61-21-7-8-22-64(61)54-67/h7-58H,1-2H2,3-6H3/b36-35-. The maximum atomic E-state index is 4.88. The molecule has 0 unspecified atom stereocenters. The Morgan fingerprint density at radius 3 is 1.23 bits per heavy atom. The molecule has 2 heterocycles. The number of thiophene rings is 2. The Morgan fingerprint density at radius 2 is 0.660 bits per heavy atom. The largest absolute Gasteiger partial charge is 0.135 e. The summed E-state index contributed by atoms with van der Waals surface area (Å²) in [6.45, 7) is 19.3. The van der Waals surface area contributed by atoms with Crippen LogP contribution in [0.3, 0.4) is 0 Å². The van der Waals surface area contributed by atoms with Crippen molar-refractivity contribution in [1.82, 2.24) is 0 Å². The van der Waals surface area contributed by atoms with Crippen molar-refractivity contribution in [3.8, 4) is 66.8 Å². The molecule has 0 atom stereocenters. The summed E-state index contributed by atoms with van der Waals surface area (Å²) in [5, 5.41) is 25.4. The van der Waals surface area contributed by atoms with E-state index in [1.807, 2.05) is 22.7 Å². The lowest BCUT2D eigenvalue weighted by Gasteiger charge is -2.23. The monoisotopic (exact) mass is 1380 g/mol. The molecular formula is C104H68S2. The fourth-order valence-corrected chi connectivity index (χ4v) is 21.6. The minimum Gasteiger partial charge on any atom is -0.135 e. The summed E-state index contributed by atoms with van der Waals surface area (Å²) in [4.78, 5) is 0. The van der Waals surface area contributed by atoms with Crippen LogP contribution in [-0.4, -0.2) is 0 Å². The first-order valence-electron chi connectivity index (χ1n) is 37.0. The molecule has 0 nitrogen and oxygen atoms in total. The molecule has 0 saturated heterocycles. The van der Waals surface area contributed by atoms with E-state index in [4.69, 9.17) is 13.2 Å². The van der Waals surface area contributed by atoms with Crippen LogP contribution < -0.4 is 0 Å². The molecule has 2 heteroatoms. The molecular weight excluding hydrogens is 1310 g/mol. The molecule has 0 N–H and O–H groups in total. The third-order valence-corrected chi connectivity index (χ3v) is 26.6. The molecule has 0 aliphatic heterocycles. The summed E-state index contributed by atoms with van der Waals surface area (Å²) in [7, 11) is 0. The van der Waals surface area contributed by atoms with Gasteiger partial charge in [-0.15, -0.1) is 22.7 Å². The van der Waals surface area contributed by atoms with E-state index in [0.29, 0.717) is 0 Å². The number of rotatable bonds is 8. The highest BCUT2D eigenvalue weighted by Gasteiger charge is 2.40. The number of benzene rings is 18. The third-order valence-electron chi connectivity index (χ3n) is 24.3. The van der Waals surface area contributed by atoms with E-state index >= 15 is 0 Å². The van der Waals surface area contributed by atoms with E-state index in [1.165, 1.54) is 216 Å². The Balaban J connectivity index is 0.605. The van der Waals surface area contributed by atoms with E-state index in [1.54, 1.807) is 0 Å². The molecule has 106 heavy (non-hydrogen) atoms. The van der Waals surface area contributed by atoms with Gasteiger partial charge >= 0.3 is 0 Å². The molecule has 2 aliphatic rings. The van der Waals surface area contributed by atoms with Crippen molar-refractivity contribution in [3.63, 3.8) is 0 Å². The summed E-state index contributed by atoms with van der Waals surface area (Å²) < 4.78 is 5.27. The zero-order chi connectivity index (χ0) is 70.6. The average molecular weight is 1380 g/mol. The first kappa shape index (κ1) is 61.2. The van der Waals surface area contributed by atoms with Crippen LogP contribution in [0.1, 0.15) is 61.1 Å². The smallest absolute Gasteiger partial charge is 0.0440 e. The van der Waals surface area contributed by atoms with Gasteiger partial charge in [0.25, 0.3) is 0 Å². The molecule has 0 radical (unpaired) electrons. The van der Waals surface area contributed by atoms with E-state index in [0.717, 1.165) is 22.3 Å². The lowest BCUT2D eigenvalue weighted by molar-refractivity contribution is 0.661. The Labute approximate surface area is 623 Å². The van der Waals surface area contributed by atoms with E-state index < -0.39 is 0 Å². The number of allylic oxidation sites excluding steroid dienone is 4. The fourth-order valence-electron chi connectivity index (χ4n) is 19.2. The molecule has 0 spiro atoms. The third kappa shape index (κ3) is 8.75. The summed E-state index contributed by atoms with van der Waals surface area (Å²) in [6.07, 6.45) is 4.36. The molecule has 20 aromatic rings. The second kappa shape index (κ2) is 22.6. The zero-order valence-electron chi connectivity index (χ0n) is 59.3. The maximum absolute atomic E-state index is 4.88. The van der Waals surface area contributed by atoms with E-state index in [9.17, 15) is 0 Å². The molecule has 0 saturated carbocycles. The van der Waals surface area contributed by atoms with Crippen LogP contribution in [0.2, 0.25) is 0 Å². The fraction of sp³-hybridized carbons (Fsp3) is 0.0577. The highest BCUT2D eigenvalue weighted by Crippen LogP contribution is 2.59. The van der Waals surface area contributed by atoms with Gasteiger partial charge in [-0.2, -0.15) is 0 Å². The predicted octanol–water partition coefficient (Wildman–Crippen LogP) is 30.2. The minimum absolute atomic E-state index is 0.196. The molecule has 2 aliphatic carbocycles. The molecule has 496 valence electrons. The highest BCUT2D eigenvalue weighted by atomic mass is 32.1. The molecule has 2 aromatic heterocycles. The normalized spacial score (nSPS) is 13.7. The lowest BCUT2D eigenvalue weighted by Crippen LogP contribution is -2.15. The topological polar surface area (TPSA) is 0 Å². The predicted molar refractivity (Wildman–Crippen MR) is 463 cm³/mol. The Morgan fingerprint density at radius 1 is 0.264 bits per heavy atom. The number of hydrogen-bond donors (Lipinski definition) is 0. The summed E-state index contributed by atoms with van der Waals surface area (Å²) in [5.74, 6) is 0. The van der Waals surface area contributed by atoms with Crippen molar-refractivity contribution >= 4 is 160 Å². The second-order valence-corrected chi connectivity index (χ2v) is 32.7. The van der Waals surface area contributed by atoms with Gasteiger partial charge in [0.1, 0.15) is 0 Å². The summed E-state index contributed by atoms with van der Waals surface area (Å²) in [6, 6.07) is 115. The quantitative estimate of drug-likeness (QED) is 0.105. The van der Waals surface area contributed by atoms with Gasteiger partial charge in [0.2, 0.25) is 0 Å².